The Morgan fingerprint density at radius 3 is 2.29 bits per heavy atom. The fraction of sp³-hybridized carbons (Fsp3) is 0.455. The number of hydrogen-bond donors (Lipinski definition) is 1. The Bertz CT molecular complexity index is 931. The number of imide groups is 1. The molecule has 9 heteroatoms. The van der Waals surface area contributed by atoms with Gasteiger partial charge >= 0.3 is 5.97 Å². The molecule has 0 unspecified atom stereocenters. The van der Waals surface area contributed by atoms with Crippen molar-refractivity contribution in [3.8, 4) is 11.5 Å². The van der Waals surface area contributed by atoms with Crippen molar-refractivity contribution in [1.29, 1.82) is 0 Å². The van der Waals surface area contributed by atoms with Gasteiger partial charge in [0.25, 0.3) is 5.91 Å². The third kappa shape index (κ3) is 3.99. The highest BCUT2D eigenvalue weighted by Gasteiger charge is 2.50. The van der Waals surface area contributed by atoms with E-state index in [9.17, 15) is 19.2 Å². The Balaban J connectivity index is 1.36. The molecule has 1 aromatic rings. The first-order valence-electron chi connectivity index (χ1n) is 10.3. The van der Waals surface area contributed by atoms with Crippen molar-refractivity contribution in [2.45, 2.75) is 38.8 Å². The number of ether oxygens (including phenoxy) is 3. The highest BCUT2D eigenvalue weighted by atomic mass is 16.6. The van der Waals surface area contributed by atoms with Crippen molar-refractivity contribution >= 4 is 29.4 Å². The second-order valence-electron chi connectivity index (χ2n) is 7.81. The van der Waals surface area contributed by atoms with Crippen LogP contribution in [0.2, 0.25) is 0 Å². The molecule has 3 amide bonds. The van der Waals surface area contributed by atoms with Crippen molar-refractivity contribution in [3.05, 3.63) is 30.4 Å². The van der Waals surface area contributed by atoms with E-state index >= 15 is 0 Å². The number of carbonyl (C=O) groups excluding carboxylic acids is 4. The van der Waals surface area contributed by atoms with Crippen LogP contribution in [-0.4, -0.2) is 54.0 Å². The van der Waals surface area contributed by atoms with Gasteiger partial charge in [-0.05, 0) is 38.8 Å². The van der Waals surface area contributed by atoms with Crippen molar-refractivity contribution in [2.24, 2.45) is 11.8 Å². The van der Waals surface area contributed by atoms with E-state index in [-0.39, 0.29) is 11.8 Å². The zero-order valence-electron chi connectivity index (χ0n) is 17.3. The summed E-state index contributed by atoms with van der Waals surface area (Å²) in [5.74, 6) is -1.83. The molecule has 1 aliphatic carbocycles. The van der Waals surface area contributed by atoms with Gasteiger partial charge in [-0.1, -0.05) is 12.2 Å². The van der Waals surface area contributed by atoms with Gasteiger partial charge in [0, 0.05) is 11.8 Å². The summed E-state index contributed by atoms with van der Waals surface area (Å²) in [5, 5.41) is 2.66. The van der Waals surface area contributed by atoms with Crippen LogP contribution < -0.4 is 14.8 Å². The molecule has 0 radical (unpaired) electrons. The van der Waals surface area contributed by atoms with Crippen LogP contribution in [-0.2, 0) is 23.9 Å². The maximum atomic E-state index is 12.6. The van der Waals surface area contributed by atoms with Gasteiger partial charge in [0.1, 0.15) is 19.3 Å². The zero-order valence-corrected chi connectivity index (χ0v) is 17.3. The molecule has 31 heavy (non-hydrogen) atoms. The maximum absolute atomic E-state index is 12.6. The molecule has 164 valence electrons. The van der Waals surface area contributed by atoms with Crippen LogP contribution in [0.5, 0.6) is 11.5 Å². The Morgan fingerprint density at radius 1 is 1.03 bits per heavy atom. The number of nitrogens with zero attached hydrogens (tertiary/aromatic N) is 1. The summed E-state index contributed by atoms with van der Waals surface area (Å²) in [5.41, 5.74) is 0.465. The third-order valence-electron chi connectivity index (χ3n) is 5.74. The number of hydrogen-bond acceptors (Lipinski definition) is 7. The molecule has 0 saturated carbocycles. The Morgan fingerprint density at radius 2 is 1.65 bits per heavy atom. The predicted octanol–water partition coefficient (Wildman–Crippen LogP) is 1.67. The first-order valence-corrected chi connectivity index (χ1v) is 10.3. The fourth-order valence-corrected chi connectivity index (χ4v) is 4.00. The number of likely N-dealkylation sites (tertiary alicyclic amines) is 1. The number of nitrogens with one attached hydrogen (secondary N) is 1. The van der Waals surface area contributed by atoms with Crippen LogP contribution in [0.4, 0.5) is 5.69 Å². The molecule has 4 atom stereocenters. The maximum Gasteiger partial charge on any atom is 0.329 e. The number of allylic oxidation sites excluding steroid dienone is 2. The van der Waals surface area contributed by atoms with Crippen LogP contribution in [0.3, 0.4) is 0 Å². The summed E-state index contributed by atoms with van der Waals surface area (Å²) < 4.78 is 16.2. The predicted molar refractivity (Wildman–Crippen MR) is 108 cm³/mol. The highest BCUT2D eigenvalue weighted by Crippen LogP contribution is 2.36. The van der Waals surface area contributed by atoms with Crippen LogP contribution >= 0.6 is 0 Å². The molecule has 1 saturated heterocycles. The summed E-state index contributed by atoms with van der Waals surface area (Å²) in [6.45, 7) is 3.75. The number of esters is 1. The van der Waals surface area contributed by atoms with Crippen LogP contribution in [0.1, 0.15) is 26.7 Å². The quantitative estimate of drug-likeness (QED) is 0.431. The minimum absolute atomic E-state index is 0.364. The van der Waals surface area contributed by atoms with Gasteiger partial charge in [-0.25, -0.2) is 4.79 Å². The van der Waals surface area contributed by atoms with Crippen LogP contribution in [0.25, 0.3) is 0 Å². The van der Waals surface area contributed by atoms with Gasteiger partial charge < -0.3 is 19.5 Å². The van der Waals surface area contributed by atoms with Gasteiger partial charge in [-0.3, -0.25) is 19.3 Å². The van der Waals surface area contributed by atoms with E-state index < -0.39 is 35.9 Å². The van der Waals surface area contributed by atoms with Gasteiger partial charge in [0.05, 0.1) is 11.8 Å². The number of rotatable bonds is 5. The second kappa shape index (κ2) is 8.41. The summed E-state index contributed by atoms with van der Waals surface area (Å²) in [6, 6.07) is 3.86. The zero-order chi connectivity index (χ0) is 22.1. The Labute approximate surface area is 179 Å². The van der Waals surface area contributed by atoms with Gasteiger partial charge in [0.2, 0.25) is 11.8 Å². The molecule has 9 nitrogen and oxygen atoms in total. The van der Waals surface area contributed by atoms with E-state index in [1.54, 1.807) is 18.2 Å². The van der Waals surface area contributed by atoms with E-state index in [0.717, 1.165) is 4.90 Å². The lowest BCUT2D eigenvalue weighted by molar-refractivity contribution is -0.163. The molecular weight excluding hydrogens is 404 g/mol. The van der Waals surface area contributed by atoms with E-state index in [2.05, 4.69) is 5.32 Å². The lowest BCUT2D eigenvalue weighted by atomic mass is 9.85. The molecule has 0 bridgehead atoms. The van der Waals surface area contributed by atoms with Gasteiger partial charge in [-0.2, -0.15) is 0 Å². The largest absolute Gasteiger partial charge is 0.486 e. The monoisotopic (exact) mass is 428 g/mol. The highest BCUT2D eigenvalue weighted by molar-refractivity contribution is 6.08. The van der Waals surface area contributed by atoms with E-state index in [1.165, 1.54) is 13.8 Å². The van der Waals surface area contributed by atoms with Crippen LogP contribution in [0.15, 0.2) is 30.4 Å². The van der Waals surface area contributed by atoms with Gasteiger partial charge in [0.15, 0.2) is 17.6 Å². The summed E-state index contributed by atoms with van der Waals surface area (Å²) >= 11 is 0. The lowest BCUT2D eigenvalue weighted by Crippen LogP contribution is -2.46. The Hall–Kier alpha value is -3.36. The molecule has 3 aliphatic rings. The van der Waals surface area contributed by atoms with E-state index in [0.29, 0.717) is 43.2 Å². The van der Waals surface area contributed by atoms with Crippen molar-refractivity contribution in [3.63, 3.8) is 0 Å². The molecule has 0 aromatic heterocycles. The third-order valence-corrected chi connectivity index (χ3v) is 5.74. The van der Waals surface area contributed by atoms with Crippen LogP contribution in [0, 0.1) is 11.8 Å². The van der Waals surface area contributed by atoms with Crippen molar-refractivity contribution in [2.75, 3.05) is 18.5 Å². The number of amides is 3. The van der Waals surface area contributed by atoms with Gasteiger partial charge in [-0.15, -0.1) is 0 Å². The SMILES string of the molecule is C[C@H](OC(=O)[C@H](C)N1C(=O)[C@H]2CC=CC[C@@H]2C1=O)C(=O)Nc1ccc2c(c1)OCCO2. The number of carbonyl (C=O) groups is 4. The second-order valence-corrected chi connectivity index (χ2v) is 7.81. The summed E-state index contributed by atoms with van der Waals surface area (Å²) in [6.07, 6.45) is 3.61. The molecule has 2 aliphatic heterocycles. The Kier molecular flexibility index (Phi) is 5.67. The fourth-order valence-electron chi connectivity index (χ4n) is 4.00. The molecule has 1 N–H and O–H groups in total. The standard InChI is InChI=1S/C22H24N2O7/c1-12(24-20(26)15-5-3-4-6-16(15)21(24)27)22(28)31-13(2)19(25)23-14-7-8-17-18(11-14)30-10-9-29-17/h3-4,7-8,11-13,15-16H,5-6,9-10H2,1-2H3,(H,23,25)/t12-,13-,15-,16-/m0/s1. The molecule has 1 fully saturated rings. The number of benzene rings is 1. The molecule has 0 spiro atoms. The summed E-state index contributed by atoms with van der Waals surface area (Å²) in [4.78, 5) is 51.3. The first kappa shape index (κ1) is 20.9. The molecule has 2 heterocycles. The normalized spacial score (nSPS) is 23.7. The minimum Gasteiger partial charge on any atom is -0.486 e. The van der Waals surface area contributed by atoms with E-state index in [4.69, 9.17) is 14.2 Å². The first-order chi connectivity index (χ1) is 14.9. The topological polar surface area (TPSA) is 111 Å². The number of anilines is 1. The summed E-state index contributed by atoms with van der Waals surface area (Å²) in [7, 11) is 0. The molecular formula is C22H24N2O7. The van der Waals surface area contributed by atoms with Crippen molar-refractivity contribution in [1.82, 2.24) is 4.90 Å². The smallest absolute Gasteiger partial charge is 0.329 e. The lowest BCUT2D eigenvalue weighted by Gasteiger charge is -2.23. The average molecular weight is 428 g/mol. The average Bonchev–Trinajstić information content (AvgIpc) is 3.03. The molecule has 4 rings (SSSR count). The minimum atomic E-state index is -1.13. The number of fused-ring (bicyclic) bond motifs is 2. The van der Waals surface area contributed by atoms with Crippen molar-refractivity contribution < 1.29 is 33.4 Å². The molecule has 1 aromatic carbocycles. The van der Waals surface area contributed by atoms with E-state index in [1.807, 2.05) is 12.2 Å².